The molecule has 0 saturated carbocycles. The Morgan fingerprint density at radius 2 is 2.16 bits per heavy atom. The van der Waals surface area contributed by atoms with E-state index in [0.717, 1.165) is 42.3 Å². The van der Waals surface area contributed by atoms with Gasteiger partial charge >= 0.3 is 0 Å². The maximum absolute atomic E-state index is 6.25. The monoisotopic (exact) mass is 283 g/mol. The molecule has 19 heavy (non-hydrogen) atoms. The Kier molecular flexibility index (Phi) is 6.59. The molecule has 0 aliphatic heterocycles. The number of halogens is 1. The Morgan fingerprint density at radius 3 is 2.68 bits per heavy atom. The lowest BCUT2D eigenvalue weighted by molar-refractivity contribution is 0.556. The molecule has 108 valence electrons. The second-order valence-corrected chi connectivity index (χ2v) is 5.96. The third-order valence-corrected chi connectivity index (χ3v) is 3.57. The molecule has 4 heteroatoms. The van der Waals surface area contributed by atoms with Crippen molar-refractivity contribution in [3.8, 4) is 0 Å². The average Bonchev–Trinajstić information content (AvgIpc) is 2.55. The molecule has 0 spiro atoms. The van der Waals surface area contributed by atoms with E-state index < -0.39 is 0 Å². The second-order valence-electron chi connectivity index (χ2n) is 5.58. The third-order valence-electron chi connectivity index (χ3n) is 3.07. The van der Waals surface area contributed by atoms with Crippen LogP contribution in [0.4, 0.5) is 0 Å². The van der Waals surface area contributed by atoms with Gasteiger partial charge in [-0.15, -0.1) is 0 Å². The predicted octanol–water partition coefficient (Wildman–Crippen LogP) is 3.51. The van der Waals surface area contributed by atoms with Gasteiger partial charge in [0.1, 0.15) is 0 Å². The summed E-state index contributed by atoms with van der Waals surface area (Å²) in [6.45, 7) is 10.7. The Morgan fingerprint density at radius 1 is 1.47 bits per heavy atom. The van der Waals surface area contributed by atoms with E-state index in [1.165, 1.54) is 5.57 Å². The molecule has 0 bridgehead atoms. The van der Waals surface area contributed by atoms with Crippen molar-refractivity contribution >= 4 is 11.6 Å². The first-order valence-corrected chi connectivity index (χ1v) is 7.34. The van der Waals surface area contributed by atoms with Crippen LogP contribution in [-0.4, -0.2) is 22.9 Å². The van der Waals surface area contributed by atoms with E-state index in [1.54, 1.807) is 0 Å². The lowest BCUT2D eigenvalue weighted by Gasteiger charge is -2.06. The molecule has 0 aliphatic rings. The van der Waals surface area contributed by atoms with Gasteiger partial charge in [0, 0.05) is 13.5 Å². The van der Waals surface area contributed by atoms with Crippen molar-refractivity contribution in [2.75, 3.05) is 13.1 Å². The highest BCUT2D eigenvalue weighted by molar-refractivity contribution is 6.31. The fraction of sp³-hybridized carbons (Fsp3) is 0.667. The molecule has 1 N–H and O–H groups in total. The summed E-state index contributed by atoms with van der Waals surface area (Å²) < 4.78 is 1.88. The summed E-state index contributed by atoms with van der Waals surface area (Å²) in [5.74, 6) is 0.710. The van der Waals surface area contributed by atoms with Crippen LogP contribution in [0.15, 0.2) is 11.6 Å². The molecule has 0 radical (unpaired) electrons. The van der Waals surface area contributed by atoms with Crippen LogP contribution in [0.1, 0.15) is 38.6 Å². The van der Waals surface area contributed by atoms with Crippen LogP contribution >= 0.6 is 11.6 Å². The van der Waals surface area contributed by atoms with Crippen molar-refractivity contribution in [2.45, 2.75) is 40.5 Å². The summed E-state index contributed by atoms with van der Waals surface area (Å²) in [4.78, 5) is 0. The molecule has 3 nitrogen and oxygen atoms in total. The summed E-state index contributed by atoms with van der Waals surface area (Å²) in [6, 6.07) is 0. The molecule has 1 heterocycles. The number of aromatic nitrogens is 2. The van der Waals surface area contributed by atoms with E-state index in [4.69, 9.17) is 11.6 Å². The summed E-state index contributed by atoms with van der Waals surface area (Å²) >= 11 is 6.25. The second kappa shape index (κ2) is 7.71. The van der Waals surface area contributed by atoms with Crippen LogP contribution in [-0.2, 0) is 13.5 Å². The fourth-order valence-corrected chi connectivity index (χ4v) is 2.25. The number of rotatable bonds is 7. The van der Waals surface area contributed by atoms with E-state index in [1.807, 2.05) is 18.7 Å². The van der Waals surface area contributed by atoms with Crippen molar-refractivity contribution in [3.63, 3.8) is 0 Å². The summed E-state index contributed by atoms with van der Waals surface area (Å²) in [5, 5.41) is 8.58. The number of allylic oxidation sites excluding steroid dienone is 1. The molecule has 0 aliphatic carbocycles. The molecular formula is C15H26ClN3. The van der Waals surface area contributed by atoms with Crippen LogP contribution < -0.4 is 5.32 Å². The van der Waals surface area contributed by atoms with Gasteiger partial charge in [-0.05, 0) is 39.3 Å². The number of hydrogen-bond acceptors (Lipinski definition) is 2. The molecule has 0 fully saturated rings. The van der Waals surface area contributed by atoms with Gasteiger partial charge in [-0.1, -0.05) is 37.1 Å². The van der Waals surface area contributed by atoms with Gasteiger partial charge in [0.05, 0.1) is 16.4 Å². The van der Waals surface area contributed by atoms with Crippen molar-refractivity contribution in [1.82, 2.24) is 15.1 Å². The van der Waals surface area contributed by atoms with E-state index in [9.17, 15) is 0 Å². The molecule has 0 aromatic carbocycles. The minimum atomic E-state index is 0.710. The third kappa shape index (κ3) is 5.37. The van der Waals surface area contributed by atoms with Crippen LogP contribution in [0.2, 0.25) is 5.02 Å². The lowest BCUT2D eigenvalue weighted by Crippen LogP contribution is -2.20. The molecule has 1 aromatic rings. The Bertz CT molecular complexity index is 433. The zero-order valence-electron chi connectivity index (χ0n) is 12.8. The highest BCUT2D eigenvalue weighted by Gasteiger charge is 2.10. The molecule has 0 saturated heterocycles. The topological polar surface area (TPSA) is 29.9 Å². The first kappa shape index (κ1) is 16.3. The highest BCUT2D eigenvalue weighted by Crippen LogP contribution is 2.22. The van der Waals surface area contributed by atoms with E-state index in [-0.39, 0.29) is 0 Å². The van der Waals surface area contributed by atoms with Crippen LogP contribution in [0, 0.1) is 12.8 Å². The summed E-state index contributed by atoms with van der Waals surface area (Å²) in [6.07, 6.45) is 4.22. The summed E-state index contributed by atoms with van der Waals surface area (Å²) in [7, 11) is 1.95. The first-order valence-electron chi connectivity index (χ1n) is 6.96. The zero-order valence-corrected chi connectivity index (χ0v) is 13.5. The minimum absolute atomic E-state index is 0.710. The van der Waals surface area contributed by atoms with E-state index in [2.05, 4.69) is 37.3 Å². The van der Waals surface area contributed by atoms with Crippen molar-refractivity contribution in [1.29, 1.82) is 0 Å². The first-order chi connectivity index (χ1) is 8.91. The van der Waals surface area contributed by atoms with Crippen molar-refractivity contribution in [2.24, 2.45) is 13.0 Å². The molecule has 1 rings (SSSR count). The molecule has 0 unspecified atom stereocenters. The molecular weight excluding hydrogens is 258 g/mol. The van der Waals surface area contributed by atoms with Gasteiger partial charge in [-0.3, -0.25) is 4.68 Å². The van der Waals surface area contributed by atoms with Gasteiger partial charge in [-0.2, -0.15) is 5.10 Å². The normalized spacial score (nSPS) is 12.5. The van der Waals surface area contributed by atoms with Gasteiger partial charge in [0.15, 0.2) is 0 Å². The Labute approximate surface area is 122 Å². The molecule has 0 atom stereocenters. The van der Waals surface area contributed by atoms with Crippen LogP contribution in [0.5, 0.6) is 0 Å². The van der Waals surface area contributed by atoms with Gasteiger partial charge < -0.3 is 5.32 Å². The fourth-order valence-electron chi connectivity index (χ4n) is 2.02. The van der Waals surface area contributed by atoms with Crippen LogP contribution in [0.3, 0.4) is 0 Å². The average molecular weight is 284 g/mol. The lowest BCUT2D eigenvalue weighted by atomic mass is 10.1. The van der Waals surface area contributed by atoms with Gasteiger partial charge in [0.2, 0.25) is 0 Å². The van der Waals surface area contributed by atoms with Crippen molar-refractivity contribution in [3.05, 3.63) is 28.1 Å². The maximum atomic E-state index is 6.25. The van der Waals surface area contributed by atoms with Gasteiger partial charge in [0.25, 0.3) is 0 Å². The highest BCUT2D eigenvalue weighted by atomic mass is 35.5. The zero-order chi connectivity index (χ0) is 14.4. The predicted molar refractivity (Wildman–Crippen MR) is 82.7 cm³/mol. The van der Waals surface area contributed by atoms with Crippen LogP contribution in [0.25, 0.3) is 0 Å². The number of hydrogen-bond donors (Lipinski definition) is 1. The number of aryl methyl sites for hydroxylation is 2. The van der Waals surface area contributed by atoms with Crippen molar-refractivity contribution < 1.29 is 0 Å². The largest absolute Gasteiger partial charge is 0.316 e. The molecule has 0 amide bonds. The van der Waals surface area contributed by atoms with Gasteiger partial charge in [-0.25, -0.2) is 0 Å². The minimum Gasteiger partial charge on any atom is -0.316 e. The number of nitrogens with zero attached hydrogens (tertiary/aromatic N) is 2. The summed E-state index contributed by atoms with van der Waals surface area (Å²) in [5.41, 5.74) is 3.35. The maximum Gasteiger partial charge on any atom is 0.0850 e. The number of nitrogens with one attached hydrogen (secondary N) is 1. The molecule has 1 aromatic heterocycles. The SMILES string of the molecule is CC(=CCCNCC(C)C)Cc1c(Cl)c(C)nn1C. The smallest absolute Gasteiger partial charge is 0.0850 e. The van der Waals surface area contributed by atoms with E-state index in [0.29, 0.717) is 5.92 Å². The van der Waals surface area contributed by atoms with E-state index >= 15 is 0 Å². The Balaban J connectivity index is 2.43. The quantitative estimate of drug-likeness (QED) is 0.613. The Hall–Kier alpha value is -0.800. The standard InChI is InChI=1S/C15H26ClN3/c1-11(2)10-17-8-6-7-12(3)9-14-15(16)13(4)18-19(14)5/h7,11,17H,6,8-10H2,1-5H3.